The Morgan fingerprint density at radius 3 is 2.53 bits per heavy atom. The molecule has 1 saturated carbocycles. The SMILES string of the molecule is CC(C)CNCC(c1ccccc1Br)C1CC1. The van der Waals surface area contributed by atoms with Gasteiger partial charge in [-0.3, -0.25) is 0 Å². The fourth-order valence-electron chi connectivity index (χ4n) is 2.33. The van der Waals surface area contributed by atoms with E-state index in [0.29, 0.717) is 5.92 Å². The molecule has 1 aromatic carbocycles. The smallest absolute Gasteiger partial charge is 0.0210 e. The summed E-state index contributed by atoms with van der Waals surface area (Å²) in [6.07, 6.45) is 2.80. The Kier molecular flexibility index (Phi) is 4.63. The first-order chi connectivity index (χ1) is 8.18. The van der Waals surface area contributed by atoms with Crippen LogP contribution in [0.5, 0.6) is 0 Å². The molecule has 2 heteroatoms. The second-order valence-corrected chi connectivity index (χ2v) is 6.37. The van der Waals surface area contributed by atoms with Crippen molar-refractivity contribution in [3.63, 3.8) is 0 Å². The van der Waals surface area contributed by atoms with Crippen LogP contribution in [0.4, 0.5) is 0 Å². The average Bonchev–Trinajstić information content (AvgIpc) is 3.09. The molecule has 1 aliphatic carbocycles. The van der Waals surface area contributed by atoms with Gasteiger partial charge in [0.2, 0.25) is 0 Å². The number of halogens is 1. The minimum Gasteiger partial charge on any atom is -0.316 e. The number of hydrogen-bond acceptors (Lipinski definition) is 1. The number of hydrogen-bond donors (Lipinski definition) is 1. The maximum Gasteiger partial charge on any atom is 0.0210 e. The highest BCUT2D eigenvalue weighted by Crippen LogP contribution is 2.44. The van der Waals surface area contributed by atoms with Crippen LogP contribution in [0, 0.1) is 11.8 Å². The number of nitrogens with one attached hydrogen (secondary N) is 1. The molecular weight excluding hydrogens is 274 g/mol. The van der Waals surface area contributed by atoms with Crippen LogP contribution in [0.2, 0.25) is 0 Å². The van der Waals surface area contributed by atoms with Crippen molar-refractivity contribution in [3.05, 3.63) is 34.3 Å². The lowest BCUT2D eigenvalue weighted by molar-refractivity contribution is 0.490. The molecule has 0 saturated heterocycles. The second kappa shape index (κ2) is 6.01. The van der Waals surface area contributed by atoms with Gasteiger partial charge < -0.3 is 5.32 Å². The lowest BCUT2D eigenvalue weighted by Crippen LogP contribution is -2.26. The van der Waals surface area contributed by atoms with E-state index in [1.165, 1.54) is 22.9 Å². The molecule has 1 fully saturated rings. The normalized spacial score (nSPS) is 17.4. The molecule has 0 aromatic heterocycles. The molecular formula is C15H22BrN. The van der Waals surface area contributed by atoms with E-state index < -0.39 is 0 Å². The summed E-state index contributed by atoms with van der Waals surface area (Å²) >= 11 is 3.69. The molecule has 1 atom stereocenters. The lowest BCUT2D eigenvalue weighted by atomic mass is 9.94. The molecule has 0 aliphatic heterocycles. The van der Waals surface area contributed by atoms with Gasteiger partial charge in [-0.2, -0.15) is 0 Å². The summed E-state index contributed by atoms with van der Waals surface area (Å²) in [7, 11) is 0. The van der Waals surface area contributed by atoms with Crippen LogP contribution in [0.3, 0.4) is 0 Å². The second-order valence-electron chi connectivity index (χ2n) is 5.52. The van der Waals surface area contributed by atoms with Crippen molar-refractivity contribution in [3.8, 4) is 0 Å². The van der Waals surface area contributed by atoms with E-state index in [1.807, 2.05) is 0 Å². The Balaban J connectivity index is 2.00. The van der Waals surface area contributed by atoms with Gasteiger partial charge in [-0.15, -0.1) is 0 Å². The molecule has 1 N–H and O–H groups in total. The van der Waals surface area contributed by atoms with Crippen molar-refractivity contribution in [1.29, 1.82) is 0 Å². The molecule has 1 aliphatic rings. The molecule has 94 valence electrons. The standard InChI is InChI=1S/C15H22BrN/c1-11(2)9-17-10-14(12-7-8-12)13-5-3-4-6-15(13)16/h3-6,11-12,14,17H,7-10H2,1-2H3. The van der Waals surface area contributed by atoms with Gasteiger partial charge in [0.05, 0.1) is 0 Å². The van der Waals surface area contributed by atoms with Gasteiger partial charge in [0, 0.05) is 16.9 Å². The lowest BCUT2D eigenvalue weighted by Gasteiger charge is -2.19. The third kappa shape index (κ3) is 3.82. The van der Waals surface area contributed by atoms with Gasteiger partial charge in [0.1, 0.15) is 0 Å². The van der Waals surface area contributed by atoms with Crippen LogP contribution in [0.15, 0.2) is 28.7 Å². The Morgan fingerprint density at radius 1 is 1.24 bits per heavy atom. The van der Waals surface area contributed by atoms with E-state index in [4.69, 9.17) is 0 Å². The third-order valence-corrected chi connectivity index (χ3v) is 4.13. The van der Waals surface area contributed by atoms with Crippen LogP contribution in [0.1, 0.15) is 38.2 Å². The summed E-state index contributed by atoms with van der Waals surface area (Å²) in [5.74, 6) is 2.31. The van der Waals surface area contributed by atoms with Gasteiger partial charge in [-0.05, 0) is 42.9 Å². The van der Waals surface area contributed by atoms with Crippen LogP contribution in [-0.4, -0.2) is 13.1 Å². The summed E-state index contributed by atoms with van der Waals surface area (Å²) in [6.45, 7) is 6.76. The molecule has 1 aromatic rings. The van der Waals surface area contributed by atoms with Gasteiger partial charge in [0.25, 0.3) is 0 Å². The van der Waals surface area contributed by atoms with Crippen LogP contribution in [-0.2, 0) is 0 Å². The maximum absolute atomic E-state index is 3.69. The zero-order valence-corrected chi connectivity index (χ0v) is 12.3. The number of benzene rings is 1. The van der Waals surface area contributed by atoms with E-state index >= 15 is 0 Å². The van der Waals surface area contributed by atoms with Crippen LogP contribution >= 0.6 is 15.9 Å². The Morgan fingerprint density at radius 2 is 1.94 bits per heavy atom. The Labute approximate surface area is 113 Å². The molecule has 0 amide bonds. The predicted octanol–water partition coefficient (Wildman–Crippen LogP) is 4.19. The van der Waals surface area contributed by atoms with E-state index in [1.54, 1.807) is 0 Å². The van der Waals surface area contributed by atoms with Gasteiger partial charge in [-0.1, -0.05) is 48.0 Å². The van der Waals surface area contributed by atoms with E-state index in [9.17, 15) is 0 Å². The summed E-state index contributed by atoms with van der Waals surface area (Å²) < 4.78 is 1.27. The fraction of sp³-hybridized carbons (Fsp3) is 0.600. The fourth-order valence-corrected chi connectivity index (χ4v) is 2.91. The van der Waals surface area contributed by atoms with Crippen LogP contribution < -0.4 is 5.32 Å². The summed E-state index contributed by atoms with van der Waals surface area (Å²) in [5, 5.41) is 3.61. The third-order valence-electron chi connectivity index (χ3n) is 3.41. The molecule has 1 nitrogen and oxygen atoms in total. The molecule has 17 heavy (non-hydrogen) atoms. The Hall–Kier alpha value is -0.340. The van der Waals surface area contributed by atoms with E-state index in [0.717, 1.165) is 24.9 Å². The topological polar surface area (TPSA) is 12.0 Å². The van der Waals surface area contributed by atoms with E-state index in [-0.39, 0.29) is 0 Å². The van der Waals surface area contributed by atoms with Crippen molar-refractivity contribution >= 4 is 15.9 Å². The molecule has 0 heterocycles. The average molecular weight is 296 g/mol. The largest absolute Gasteiger partial charge is 0.316 e. The first-order valence-corrected chi connectivity index (χ1v) is 7.43. The monoisotopic (exact) mass is 295 g/mol. The molecule has 2 rings (SSSR count). The van der Waals surface area contributed by atoms with Crippen molar-refractivity contribution in [2.45, 2.75) is 32.6 Å². The molecule has 0 spiro atoms. The highest BCUT2D eigenvalue weighted by molar-refractivity contribution is 9.10. The van der Waals surface area contributed by atoms with Gasteiger partial charge >= 0.3 is 0 Å². The first-order valence-electron chi connectivity index (χ1n) is 6.63. The predicted molar refractivity (Wildman–Crippen MR) is 77.3 cm³/mol. The summed E-state index contributed by atoms with van der Waals surface area (Å²) in [5.41, 5.74) is 1.48. The van der Waals surface area contributed by atoms with E-state index in [2.05, 4.69) is 59.4 Å². The first kappa shape index (κ1) is 13.1. The highest BCUT2D eigenvalue weighted by atomic mass is 79.9. The zero-order valence-electron chi connectivity index (χ0n) is 10.7. The quantitative estimate of drug-likeness (QED) is 0.830. The van der Waals surface area contributed by atoms with Crippen molar-refractivity contribution in [1.82, 2.24) is 5.32 Å². The molecule has 0 radical (unpaired) electrons. The highest BCUT2D eigenvalue weighted by Gasteiger charge is 2.32. The summed E-state index contributed by atoms with van der Waals surface area (Å²) in [6, 6.07) is 8.67. The van der Waals surface area contributed by atoms with Gasteiger partial charge in [0.15, 0.2) is 0 Å². The zero-order chi connectivity index (χ0) is 12.3. The van der Waals surface area contributed by atoms with Crippen molar-refractivity contribution in [2.75, 3.05) is 13.1 Å². The molecule has 1 unspecified atom stereocenters. The van der Waals surface area contributed by atoms with Gasteiger partial charge in [-0.25, -0.2) is 0 Å². The number of rotatable bonds is 6. The summed E-state index contributed by atoms with van der Waals surface area (Å²) in [4.78, 5) is 0. The van der Waals surface area contributed by atoms with Crippen molar-refractivity contribution < 1.29 is 0 Å². The minimum atomic E-state index is 0.685. The Bertz CT molecular complexity index is 358. The van der Waals surface area contributed by atoms with Crippen LogP contribution in [0.25, 0.3) is 0 Å². The van der Waals surface area contributed by atoms with Crippen molar-refractivity contribution in [2.24, 2.45) is 11.8 Å². The minimum absolute atomic E-state index is 0.685. The molecule has 0 bridgehead atoms. The maximum atomic E-state index is 3.69.